The lowest BCUT2D eigenvalue weighted by Gasteiger charge is -2.35. The molecule has 2 atom stereocenters. The highest BCUT2D eigenvalue weighted by Crippen LogP contribution is 2.21. The van der Waals surface area contributed by atoms with Crippen LogP contribution in [0.2, 0.25) is 0 Å². The minimum absolute atomic E-state index is 0.108. The molecule has 2 heterocycles. The van der Waals surface area contributed by atoms with Gasteiger partial charge in [0.25, 0.3) is 5.91 Å². The molecule has 0 radical (unpaired) electrons. The van der Waals surface area contributed by atoms with Gasteiger partial charge in [0.05, 0.1) is 0 Å². The SMILES string of the molecule is C[C@@H]1C[C@H](C)CN(CCCN2C(=O)NC(C)(C)C2=O)C1. The molecule has 5 nitrogen and oxygen atoms in total. The van der Waals surface area contributed by atoms with Crippen LogP contribution in [0.25, 0.3) is 0 Å². The minimum atomic E-state index is -0.745. The minimum Gasteiger partial charge on any atom is -0.324 e. The molecular weight excluding hydrogens is 254 g/mol. The first-order chi connectivity index (χ1) is 9.29. The number of urea groups is 1. The maximum absolute atomic E-state index is 12.1. The third kappa shape index (κ3) is 3.32. The van der Waals surface area contributed by atoms with Crippen LogP contribution in [0.1, 0.15) is 40.5 Å². The van der Waals surface area contributed by atoms with Crippen LogP contribution >= 0.6 is 0 Å². The van der Waals surface area contributed by atoms with Gasteiger partial charge in [-0.25, -0.2) is 4.79 Å². The summed E-state index contributed by atoms with van der Waals surface area (Å²) in [4.78, 5) is 27.6. The number of imide groups is 1. The first-order valence-electron chi connectivity index (χ1n) is 7.66. The number of carbonyl (C=O) groups excluding carboxylic acids is 2. The average molecular weight is 281 g/mol. The van der Waals surface area contributed by atoms with E-state index in [1.165, 1.54) is 11.3 Å². The van der Waals surface area contributed by atoms with E-state index in [-0.39, 0.29) is 11.9 Å². The van der Waals surface area contributed by atoms with Crippen LogP contribution in [0.3, 0.4) is 0 Å². The number of rotatable bonds is 4. The Morgan fingerprint density at radius 1 is 1.15 bits per heavy atom. The maximum Gasteiger partial charge on any atom is 0.325 e. The number of likely N-dealkylation sites (tertiary alicyclic amines) is 1. The largest absolute Gasteiger partial charge is 0.325 e. The zero-order valence-corrected chi connectivity index (χ0v) is 13.1. The molecule has 5 heteroatoms. The van der Waals surface area contributed by atoms with Crippen molar-refractivity contribution in [3.8, 4) is 0 Å². The molecule has 0 spiro atoms. The van der Waals surface area contributed by atoms with Crippen molar-refractivity contribution in [2.75, 3.05) is 26.2 Å². The highest BCUT2D eigenvalue weighted by molar-refractivity contribution is 6.06. The average Bonchev–Trinajstić information content (AvgIpc) is 2.49. The zero-order valence-electron chi connectivity index (χ0n) is 13.1. The number of hydrogen-bond acceptors (Lipinski definition) is 3. The Morgan fingerprint density at radius 3 is 2.25 bits per heavy atom. The molecule has 3 amide bonds. The topological polar surface area (TPSA) is 52.6 Å². The van der Waals surface area contributed by atoms with Gasteiger partial charge in [0.1, 0.15) is 5.54 Å². The van der Waals surface area contributed by atoms with Crippen molar-refractivity contribution in [1.82, 2.24) is 15.1 Å². The van der Waals surface area contributed by atoms with E-state index in [0.29, 0.717) is 6.54 Å². The summed E-state index contributed by atoms with van der Waals surface area (Å²) in [6.07, 6.45) is 2.16. The molecule has 2 aliphatic rings. The number of piperidine rings is 1. The van der Waals surface area contributed by atoms with E-state index in [9.17, 15) is 9.59 Å². The third-order valence-electron chi connectivity index (χ3n) is 4.24. The van der Waals surface area contributed by atoms with Gasteiger partial charge in [-0.2, -0.15) is 0 Å². The fraction of sp³-hybridized carbons (Fsp3) is 0.867. The smallest absolute Gasteiger partial charge is 0.324 e. The summed E-state index contributed by atoms with van der Waals surface area (Å²) in [5.41, 5.74) is -0.745. The molecular formula is C15H27N3O2. The monoisotopic (exact) mass is 281 g/mol. The standard InChI is InChI=1S/C15H27N3O2/c1-11-8-12(2)10-17(9-11)6-5-7-18-13(19)15(3,4)16-14(18)20/h11-12H,5-10H2,1-4H3,(H,16,20)/t11-,12+. The molecule has 0 bridgehead atoms. The van der Waals surface area contributed by atoms with E-state index >= 15 is 0 Å². The zero-order chi connectivity index (χ0) is 14.9. The van der Waals surface area contributed by atoms with Crippen LogP contribution in [0.15, 0.2) is 0 Å². The summed E-state index contributed by atoms with van der Waals surface area (Å²) in [5, 5.41) is 2.72. The van der Waals surface area contributed by atoms with Gasteiger partial charge >= 0.3 is 6.03 Å². The summed E-state index contributed by atoms with van der Waals surface area (Å²) >= 11 is 0. The molecule has 0 aromatic rings. The third-order valence-corrected chi connectivity index (χ3v) is 4.24. The Hall–Kier alpha value is -1.10. The summed E-state index contributed by atoms with van der Waals surface area (Å²) in [6, 6.07) is -0.250. The lowest BCUT2D eigenvalue weighted by molar-refractivity contribution is -0.130. The van der Waals surface area contributed by atoms with Gasteiger partial charge in [0.15, 0.2) is 0 Å². The van der Waals surface area contributed by atoms with E-state index < -0.39 is 5.54 Å². The Balaban J connectivity index is 1.79. The summed E-state index contributed by atoms with van der Waals surface area (Å²) in [6.45, 7) is 11.8. The predicted octanol–water partition coefficient (Wildman–Crippen LogP) is 1.68. The molecule has 2 fully saturated rings. The van der Waals surface area contributed by atoms with Gasteiger partial charge in [0.2, 0.25) is 0 Å². The summed E-state index contributed by atoms with van der Waals surface area (Å²) in [5.74, 6) is 1.38. The van der Waals surface area contributed by atoms with Crippen LogP contribution in [-0.4, -0.2) is 53.5 Å². The maximum atomic E-state index is 12.1. The van der Waals surface area contributed by atoms with Crippen molar-refractivity contribution in [2.45, 2.75) is 46.1 Å². The number of nitrogens with zero attached hydrogens (tertiary/aromatic N) is 2. The number of amides is 3. The molecule has 0 aromatic carbocycles. The Bertz CT molecular complexity index is 385. The van der Waals surface area contributed by atoms with Crippen LogP contribution in [0, 0.1) is 11.8 Å². The molecule has 2 saturated heterocycles. The Labute approximate surface area is 121 Å². The molecule has 0 aliphatic carbocycles. The Kier molecular flexibility index (Phi) is 4.37. The van der Waals surface area contributed by atoms with Gasteiger partial charge in [0, 0.05) is 19.6 Å². The molecule has 0 saturated carbocycles. The first kappa shape index (κ1) is 15.3. The second-order valence-electron chi connectivity index (χ2n) is 7.07. The number of hydrogen-bond donors (Lipinski definition) is 1. The molecule has 114 valence electrons. The van der Waals surface area contributed by atoms with Crippen molar-refractivity contribution >= 4 is 11.9 Å². The normalized spacial score (nSPS) is 30.7. The second kappa shape index (κ2) is 5.72. The molecule has 20 heavy (non-hydrogen) atoms. The van der Waals surface area contributed by atoms with Crippen LogP contribution in [-0.2, 0) is 4.79 Å². The van der Waals surface area contributed by atoms with E-state index in [4.69, 9.17) is 0 Å². The fourth-order valence-corrected chi connectivity index (χ4v) is 3.45. The Morgan fingerprint density at radius 2 is 1.75 bits per heavy atom. The van der Waals surface area contributed by atoms with Gasteiger partial charge in [-0.3, -0.25) is 9.69 Å². The summed E-state index contributed by atoms with van der Waals surface area (Å²) in [7, 11) is 0. The first-order valence-corrected chi connectivity index (χ1v) is 7.66. The van der Waals surface area contributed by atoms with Gasteiger partial charge in [-0.1, -0.05) is 13.8 Å². The second-order valence-corrected chi connectivity index (χ2v) is 7.07. The molecule has 0 aromatic heterocycles. The fourth-order valence-electron chi connectivity index (χ4n) is 3.45. The van der Waals surface area contributed by atoms with Crippen molar-refractivity contribution in [3.05, 3.63) is 0 Å². The van der Waals surface area contributed by atoms with E-state index in [1.807, 2.05) is 0 Å². The molecule has 1 N–H and O–H groups in total. The van der Waals surface area contributed by atoms with Gasteiger partial charge in [-0.15, -0.1) is 0 Å². The predicted molar refractivity (Wildman–Crippen MR) is 78.3 cm³/mol. The quantitative estimate of drug-likeness (QED) is 0.798. The van der Waals surface area contributed by atoms with Crippen LogP contribution in [0.5, 0.6) is 0 Å². The highest BCUT2D eigenvalue weighted by Gasteiger charge is 2.43. The number of carbonyl (C=O) groups is 2. The molecule has 0 unspecified atom stereocenters. The molecule has 2 rings (SSSR count). The van der Waals surface area contributed by atoms with E-state index in [2.05, 4.69) is 24.1 Å². The highest BCUT2D eigenvalue weighted by atomic mass is 16.2. The lowest BCUT2D eigenvalue weighted by Crippen LogP contribution is -2.41. The van der Waals surface area contributed by atoms with Crippen LogP contribution < -0.4 is 5.32 Å². The van der Waals surface area contributed by atoms with Crippen molar-refractivity contribution in [3.63, 3.8) is 0 Å². The van der Waals surface area contributed by atoms with E-state index in [1.54, 1.807) is 13.8 Å². The van der Waals surface area contributed by atoms with E-state index in [0.717, 1.165) is 37.9 Å². The summed E-state index contributed by atoms with van der Waals surface area (Å²) < 4.78 is 0. The van der Waals surface area contributed by atoms with Crippen LogP contribution in [0.4, 0.5) is 4.79 Å². The van der Waals surface area contributed by atoms with Gasteiger partial charge < -0.3 is 10.2 Å². The van der Waals surface area contributed by atoms with Crippen molar-refractivity contribution in [1.29, 1.82) is 0 Å². The lowest BCUT2D eigenvalue weighted by atomic mass is 9.92. The molecule has 2 aliphatic heterocycles. The van der Waals surface area contributed by atoms with Crippen molar-refractivity contribution in [2.24, 2.45) is 11.8 Å². The number of nitrogens with one attached hydrogen (secondary N) is 1. The van der Waals surface area contributed by atoms with Gasteiger partial charge in [-0.05, 0) is 45.1 Å². The van der Waals surface area contributed by atoms with Crippen molar-refractivity contribution < 1.29 is 9.59 Å².